The van der Waals surface area contributed by atoms with Crippen molar-refractivity contribution in [3.63, 3.8) is 0 Å². The first-order valence-electron chi connectivity index (χ1n) is 9.26. The van der Waals surface area contributed by atoms with Crippen molar-refractivity contribution in [2.45, 2.75) is 11.8 Å². The van der Waals surface area contributed by atoms with Crippen molar-refractivity contribution in [2.24, 2.45) is 0 Å². The fourth-order valence-electron chi connectivity index (χ4n) is 2.67. The lowest BCUT2D eigenvalue weighted by Gasteiger charge is -2.16. The number of rotatable bonds is 10. The number of hydrogen-bond donors (Lipinski definition) is 4. The fourth-order valence-corrected chi connectivity index (χ4v) is 3.81. The summed E-state index contributed by atoms with van der Waals surface area (Å²) in [7, 11) is -0.831. The summed E-state index contributed by atoms with van der Waals surface area (Å²) in [5.74, 6) is -0.475. The van der Waals surface area contributed by atoms with Gasteiger partial charge in [0.2, 0.25) is 15.9 Å². The standard InChI is InChI=1S/C19H25N5O6S/c1-13-4-5-14(10-18(13)31(29,30)23(2)3)22-19(26)12-21-17-11-15(24(27)28)6-7-16(17)20-8-9-25/h4-7,10-11,20-21,25H,8-9,12H2,1-3H3,(H,22,26). The van der Waals surface area contributed by atoms with Crippen molar-refractivity contribution in [2.75, 3.05) is 49.7 Å². The molecule has 2 aromatic carbocycles. The number of non-ortho nitro benzene ring substituents is 1. The zero-order valence-electron chi connectivity index (χ0n) is 17.4. The molecule has 0 saturated carbocycles. The number of aliphatic hydroxyl groups is 1. The van der Waals surface area contributed by atoms with Crippen LogP contribution in [-0.2, 0) is 14.8 Å². The monoisotopic (exact) mass is 451 g/mol. The van der Waals surface area contributed by atoms with Crippen LogP contribution in [0.4, 0.5) is 22.7 Å². The molecule has 0 aliphatic rings. The lowest BCUT2D eigenvalue weighted by molar-refractivity contribution is -0.384. The van der Waals surface area contributed by atoms with Gasteiger partial charge in [-0.3, -0.25) is 14.9 Å². The van der Waals surface area contributed by atoms with Gasteiger partial charge < -0.3 is 21.1 Å². The summed E-state index contributed by atoms with van der Waals surface area (Å²) >= 11 is 0. The smallest absolute Gasteiger partial charge is 0.271 e. The molecule has 0 heterocycles. The normalized spacial score (nSPS) is 11.3. The van der Waals surface area contributed by atoms with Gasteiger partial charge in [0.15, 0.2) is 0 Å². The van der Waals surface area contributed by atoms with Gasteiger partial charge in [-0.2, -0.15) is 0 Å². The number of nitrogens with zero attached hydrogens (tertiary/aromatic N) is 2. The average molecular weight is 452 g/mol. The Kier molecular flexibility index (Phi) is 7.91. The topological polar surface area (TPSA) is 154 Å². The SMILES string of the molecule is Cc1ccc(NC(=O)CNc2cc([N+](=O)[O-])ccc2NCCO)cc1S(=O)(=O)N(C)C. The number of sulfonamides is 1. The van der Waals surface area contributed by atoms with Gasteiger partial charge in [-0.25, -0.2) is 12.7 Å². The molecule has 1 amide bonds. The molecule has 2 rings (SSSR count). The first kappa shape index (κ1) is 24.1. The minimum atomic E-state index is -3.67. The van der Waals surface area contributed by atoms with Gasteiger partial charge in [0.05, 0.1) is 34.3 Å². The van der Waals surface area contributed by atoms with Gasteiger partial charge in [0.1, 0.15) is 0 Å². The van der Waals surface area contributed by atoms with Crippen molar-refractivity contribution in [3.05, 3.63) is 52.1 Å². The molecule has 2 aromatic rings. The second-order valence-electron chi connectivity index (χ2n) is 6.81. The maximum absolute atomic E-state index is 12.4. The van der Waals surface area contributed by atoms with E-state index in [4.69, 9.17) is 5.11 Å². The minimum Gasteiger partial charge on any atom is -0.395 e. The highest BCUT2D eigenvalue weighted by Crippen LogP contribution is 2.27. The maximum Gasteiger partial charge on any atom is 0.271 e. The Bertz CT molecular complexity index is 1070. The number of hydrogen-bond acceptors (Lipinski definition) is 8. The van der Waals surface area contributed by atoms with Crippen LogP contribution in [0.2, 0.25) is 0 Å². The van der Waals surface area contributed by atoms with E-state index in [9.17, 15) is 23.3 Å². The Balaban J connectivity index is 2.15. The Labute approximate surface area is 180 Å². The van der Waals surface area contributed by atoms with Crippen LogP contribution in [0.25, 0.3) is 0 Å². The molecule has 0 bridgehead atoms. The van der Waals surface area contributed by atoms with E-state index in [1.165, 1.54) is 38.4 Å². The highest BCUT2D eigenvalue weighted by molar-refractivity contribution is 7.89. The molecule has 12 heteroatoms. The van der Waals surface area contributed by atoms with E-state index in [-0.39, 0.29) is 30.3 Å². The Morgan fingerprint density at radius 2 is 1.84 bits per heavy atom. The van der Waals surface area contributed by atoms with Crippen LogP contribution < -0.4 is 16.0 Å². The van der Waals surface area contributed by atoms with Gasteiger partial charge in [-0.1, -0.05) is 6.07 Å². The summed E-state index contributed by atoms with van der Waals surface area (Å²) in [6.45, 7) is 1.53. The number of nitrogens with one attached hydrogen (secondary N) is 3. The number of benzene rings is 2. The molecule has 0 fully saturated rings. The summed E-state index contributed by atoms with van der Waals surface area (Å²) in [6, 6.07) is 8.63. The van der Waals surface area contributed by atoms with Crippen molar-refractivity contribution in [1.82, 2.24) is 4.31 Å². The van der Waals surface area contributed by atoms with Crippen LogP contribution in [0.5, 0.6) is 0 Å². The highest BCUT2D eigenvalue weighted by Gasteiger charge is 2.20. The van der Waals surface area contributed by atoms with Crippen LogP contribution in [0.1, 0.15) is 5.56 Å². The van der Waals surface area contributed by atoms with Crippen molar-refractivity contribution in [3.8, 4) is 0 Å². The third-order valence-corrected chi connectivity index (χ3v) is 6.27. The molecule has 0 saturated heterocycles. The number of nitro benzene ring substituents is 1. The Hall–Kier alpha value is -3.22. The van der Waals surface area contributed by atoms with E-state index >= 15 is 0 Å². The lowest BCUT2D eigenvalue weighted by Crippen LogP contribution is -2.24. The van der Waals surface area contributed by atoms with E-state index < -0.39 is 20.9 Å². The predicted molar refractivity (Wildman–Crippen MR) is 118 cm³/mol. The van der Waals surface area contributed by atoms with E-state index in [1.807, 2.05) is 0 Å². The highest BCUT2D eigenvalue weighted by atomic mass is 32.2. The lowest BCUT2D eigenvalue weighted by atomic mass is 10.2. The minimum absolute atomic E-state index is 0.0810. The molecular weight excluding hydrogens is 426 g/mol. The maximum atomic E-state index is 12.4. The summed E-state index contributed by atoms with van der Waals surface area (Å²) in [4.78, 5) is 22.9. The van der Waals surface area contributed by atoms with Gasteiger partial charge >= 0.3 is 0 Å². The molecule has 0 aliphatic heterocycles. The predicted octanol–water partition coefficient (Wildman–Crippen LogP) is 1.61. The summed E-state index contributed by atoms with van der Waals surface area (Å²) in [5.41, 5.74) is 1.49. The number of aryl methyl sites for hydroxylation is 1. The van der Waals surface area contributed by atoms with E-state index in [0.717, 1.165) is 4.31 Å². The van der Waals surface area contributed by atoms with Crippen LogP contribution in [0.15, 0.2) is 41.3 Å². The molecule has 11 nitrogen and oxygen atoms in total. The number of nitro groups is 1. The van der Waals surface area contributed by atoms with Crippen LogP contribution in [0.3, 0.4) is 0 Å². The van der Waals surface area contributed by atoms with Gasteiger partial charge in [-0.15, -0.1) is 0 Å². The van der Waals surface area contributed by atoms with E-state index in [0.29, 0.717) is 22.6 Å². The second kappa shape index (κ2) is 10.2. The van der Waals surface area contributed by atoms with Crippen LogP contribution in [-0.4, -0.2) is 62.5 Å². The molecular formula is C19H25N5O6S. The number of anilines is 3. The quantitative estimate of drug-likeness (QED) is 0.314. The first-order chi connectivity index (χ1) is 14.6. The Morgan fingerprint density at radius 3 is 2.45 bits per heavy atom. The van der Waals surface area contributed by atoms with E-state index in [1.54, 1.807) is 19.1 Å². The van der Waals surface area contributed by atoms with Crippen LogP contribution >= 0.6 is 0 Å². The number of carbonyl (C=O) groups excluding carboxylic acids is 1. The van der Waals surface area contributed by atoms with E-state index in [2.05, 4.69) is 16.0 Å². The van der Waals surface area contributed by atoms with Crippen molar-refractivity contribution in [1.29, 1.82) is 0 Å². The Morgan fingerprint density at radius 1 is 1.13 bits per heavy atom. The molecule has 31 heavy (non-hydrogen) atoms. The van der Waals surface area contributed by atoms with Gasteiger partial charge in [-0.05, 0) is 30.7 Å². The number of amides is 1. The fraction of sp³-hybridized carbons (Fsp3) is 0.316. The molecule has 0 radical (unpaired) electrons. The zero-order valence-corrected chi connectivity index (χ0v) is 18.2. The average Bonchev–Trinajstić information content (AvgIpc) is 2.72. The number of carbonyl (C=O) groups is 1. The summed E-state index contributed by atoms with van der Waals surface area (Å²) < 4.78 is 26.0. The largest absolute Gasteiger partial charge is 0.395 e. The molecule has 0 aromatic heterocycles. The molecule has 4 N–H and O–H groups in total. The molecule has 168 valence electrons. The van der Waals surface area contributed by atoms with Crippen molar-refractivity contribution < 1.29 is 23.2 Å². The second-order valence-corrected chi connectivity index (χ2v) is 8.93. The first-order valence-corrected chi connectivity index (χ1v) is 10.7. The number of aliphatic hydroxyl groups excluding tert-OH is 1. The van der Waals surface area contributed by atoms with Crippen LogP contribution in [0, 0.1) is 17.0 Å². The zero-order chi connectivity index (χ0) is 23.2. The third kappa shape index (κ3) is 6.13. The summed E-state index contributed by atoms with van der Waals surface area (Å²) in [6.07, 6.45) is 0. The molecule has 0 atom stereocenters. The molecule has 0 unspecified atom stereocenters. The van der Waals surface area contributed by atoms with Gasteiger partial charge in [0, 0.05) is 38.5 Å². The third-order valence-electron chi connectivity index (χ3n) is 4.31. The summed E-state index contributed by atoms with van der Waals surface area (Å²) in [5, 5.41) is 28.3. The van der Waals surface area contributed by atoms with Crippen molar-refractivity contribution >= 4 is 38.7 Å². The molecule has 0 aliphatic carbocycles. The van der Waals surface area contributed by atoms with Gasteiger partial charge in [0.25, 0.3) is 5.69 Å². The molecule has 0 spiro atoms.